The maximum Gasteiger partial charge on any atom is 0.288 e. The van der Waals surface area contributed by atoms with Crippen molar-refractivity contribution in [3.63, 3.8) is 0 Å². The van der Waals surface area contributed by atoms with Gasteiger partial charge >= 0.3 is 0 Å². The Labute approximate surface area is 79.0 Å². The molecular formula is C8H9F2NOS. The van der Waals surface area contributed by atoms with Crippen molar-refractivity contribution < 1.29 is 13.6 Å². The zero-order valence-corrected chi connectivity index (χ0v) is 7.56. The summed E-state index contributed by atoms with van der Waals surface area (Å²) >= 11 is 0.496. The van der Waals surface area contributed by atoms with E-state index in [1.54, 1.807) is 24.3 Å². The Morgan fingerprint density at radius 3 is 2.69 bits per heavy atom. The Morgan fingerprint density at radius 2 is 2.08 bits per heavy atom. The van der Waals surface area contributed by atoms with Gasteiger partial charge in [0.2, 0.25) is 0 Å². The molecule has 1 aromatic rings. The average molecular weight is 205 g/mol. The van der Waals surface area contributed by atoms with Crippen molar-refractivity contribution in [2.24, 2.45) is 5.90 Å². The van der Waals surface area contributed by atoms with Crippen LogP contribution in [0.1, 0.15) is 5.56 Å². The summed E-state index contributed by atoms with van der Waals surface area (Å²) in [4.78, 5) is 4.89. The summed E-state index contributed by atoms with van der Waals surface area (Å²) in [5.41, 5.74) is 0.676. The molecule has 13 heavy (non-hydrogen) atoms. The number of benzene rings is 1. The van der Waals surface area contributed by atoms with Crippen LogP contribution in [-0.2, 0) is 11.4 Å². The van der Waals surface area contributed by atoms with Gasteiger partial charge in [-0.3, -0.25) is 4.84 Å². The normalized spacial score (nSPS) is 10.8. The summed E-state index contributed by atoms with van der Waals surface area (Å²) in [6.45, 7) is 0.149. The van der Waals surface area contributed by atoms with Gasteiger partial charge < -0.3 is 0 Å². The van der Waals surface area contributed by atoms with E-state index in [1.807, 2.05) is 0 Å². The van der Waals surface area contributed by atoms with Gasteiger partial charge in [0.25, 0.3) is 5.76 Å². The molecule has 1 rings (SSSR count). The van der Waals surface area contributed by atoms with Crippen molar-refractivity contribution in [2.75, 3.05) is 0 Å². The van der Waals surface area contributed by atoms with Gasteiger partial charge in [0.1, 0.15) is 0 Å². The molecule has 0 saturated carbocycles. The van der Waals surface area contributed by atoms with Gasteiger partial charge in [-0.15, -0.1) is 0 Å². The molecule has 0 saturated heterocycles. The number of hydrogen-bond acceptors (Lipinski definition) is 3. The largest absolute Gasteiger partial charge is 0.300 e. The van der Waals surface area contributed by atoms with Crippen LogP contribution in [0.25, 0.3) is 0 Å². The summed E-state index contributed by atoms with van der Waals surface area (Å²) in [5.74, 6) is 2.45. The first-order chi connectivity index (χ1) is 6.24. The number of alkyl halides is 2. The Kier molecular flexibility index (Phi) is 4.14. The summed E-state index contributed by atoms with van der Waals surface area (Å²) in [5, 5.41) is 0. The molecule has 0 aromatic heterocycles. The Morgan fingerprint density at radius 1 is 1.38 bits per heavy atom. The summed E-state index contributed by atoms with van der Waals surface area (Å²) in [6, 6.07) is 6.78. The molecule has 0 amide bonds. The van der Waals surface area contributed by atoms with E-state index < -0.39 is 5.76 Å². The lowest BCUT2D eigenvalue weighted by atomic mass is 10.2. The molecule has 5 heteroatoms. The molecule has 0 unspecified atom stereocenters. The summed E-state index contributed by atoms with van der Waals surface area (Å²) in [6.07, 6.45) is 0. The number of halogens is 2. The molecule has 0 aliphatic carbocycles. The molecule has 0 spiro atoms. The van der Waals surface area contributed by atoms with Gasteiger partial charge in [0.15, 0.2) is 0 Å². The second kappa shape index (κ2) is 5.16. The molecule has 72 valence electrons. The van der Waals surface area contributed by atoms with E-state index in [1.165, 1.54) is 0 Å². The standard InChI is InChI=1S/C8H9F2NOS/c9-8(10)13-7-4-2-1-3-6(7)5-12-11/h1-4,8H,5,11H2. The smallest absolute Gasteiger partial charge is 0.288 e. The van der Waals surface area contributed by atoms with E-state index in [4.69, 9.17) is 5.90 Å². The highest BCUT2D eigenvalue weighted by atomic mass is 32.2. The predicted molar refractivity (Wildman–Crippen MR) is 47.3 cm³/mol. The molecular weight excluding hydrogens is 196 g/mol. The lowest BCUT2D eigenvalue weighted by molar-refractivity contribution is 0.122. The average Bonchev–Trinajstić information content (AvgIpc) is 2.08. The van der Waals surface area contributed by atoms with Crippen LogP contribution in [0.15, 0.2) is 29.2 Å². The van der Waals surface area contributed by atoms with Crippen LogP contribution < -0.4 is 5.90 Å². The van der Waals surface area contributed by atoms with Crippen LogP contribution in [0.2, 0.25) is 0 Å². The molecule has 0 fully saturated rings. The SMILES string of the molecule is NOCc1ccccc1SC(F)F. The van der Waals surface area contributed by atoms with Gasteiger partial charge in [0, 0.05) is 4.90 Å². The number of rotatable bonds is 4. The second-order valence-corrected chi connectivity index (χ2v) is 3.33. The van der Waals surface area contributed by atoms with Gasteiger partial charge in [-0.05, 0) is 11.6 Å². The quantitative estimate of drug-likeness (QED) is 0.605. The van der Waals surface area contributed by atoms with E-state index in [-0.39, 0.29) is 6.61 Å². The van der Waals surface area contributed by atoms with Gasteiger partial charge in [-0.25, -0.2) is 5.90 Å². The van der Waals surface area contributed by atoms with Gasteiger partial charge in [-0.2, -0.15) is 8.78 Å². The minimum Gasteiger partial charge on any atom is -0.300 e. The highest BCUT2D eigenvalue weighted by molar-refractivity contribution is 7.99. The molecule has 2 nitrogen and oxygen atoms in total. The first-order valence-corrected chi connectivity index (χ1v) is 4.46. The molecule has 0 atom stereocenters. The zero-order valence-electron chi connectivity index (χ0n) is 6.74. The highest BCUT2D eigenvalue weighted by Crippen LogP contribution is 2.28. The van der Waals surface area contributed by atoms with Crippen molar-refractivity contribution in [1.29, 1.82) is 0 Å². The van der Waals surface area contributed by atoms with Gasteiger partial charge in [-0.1, -0.05) is 30.0 Å². The van der Waals surface area contributed by atoms with Crippen LogP contribution in [0.4, 0.5) is 8.78 Å². The first kappa shape index (κ1) is 10.4. The summed E-state index contributed by atoms with van der Waals surface area (Å²) in [7, 11) is 0. The topological polar surface area (TPSA) is 35.2 Å². The van der Waals surface area contributed by atoms with Crippen LogP contribution in [0.5, 0.6) is 0 Å². The van der Waals surface area contributed by atoms with E-state index in [9.17, 15) is 8.78 Å². The van der Waals surface area contributed by atoms with E-state index in [0.29, 0.717) is 22.2 Å². The fourth-order valence-electron chi connectivity index (χ4n) is 0.924. The lowest BCUT2D eigenvalue weighted by Gasteiger charge is -2.06. The minimum absolute atomic E-state index is 0.149. The number of thioether (sulfide) groups is 1. The van der Waals surface area contributed by atoms with Crippen molar-refractivity contribution >= 4 is 11.8 Å². The van der Waals surface area contributed by atoms with Crippen molar-refractivity contribution in [2.45, 2.75) is 17.3 Å². The van der Waals surface area contributed by atoms with Crippen molar-refractivity contribution in [1.82, 2.24) is 0 Å². The molecule has 0 aliphatic rings. The first-order valence-electron chi connectivity index (χ1n) is 3.58. The minimum atomic E-state index is -2.42. The lowest BCUT2D eigenvalue weighted by Crippen LogP contribution is -2.00. The van der Waals surface area contributed by atoms with Crippen molar-refractivity contribution in [3.05, 3.63) is 29.8 Å². The van der Waals surface area contributed by atoms with E-state index in [0.717, 1.165) is 0 Å². The fourth-order valence-corrected chi connectivity index (χ4v) is 1.55. The molecule has 0 radical (unpaired) electrons. The summed E-state index contributed by atoms with van der Waals surface area (Å²) < 4.78 is 24.1. The van der Waals surface area contributed by atoms with Gasteiger partial charge in [0.05, 0.1) is 6.61 Å². The molecule has 0 aliphatic heterocycles. The molecule has 0 bridgehead atoms. The number of hydrogen-bond donors (Lipinski definition) is 1. The third-order valence-corrected chi connectivity index (χ3v) is 2.26. The Balaban J connectivity index is 2.78. The Bertz CT molecular complexity index is 270. The van der Waals surface area contributed by atoms with Crippen LogP contribution in [0, 0.1) is 0 Å². The second-order valence-electron chi connectivity index (χ2n) is 2.30. The fraction of sp³-hybridized carbons (Fsp3) is 0.250. The highest BCUT2D eigenvalue weighted by Gasteiger charge is 2.08. The maximum atomic E-state index is 12.0. The van der Waals surface area contributed by atoms with Crippen LogP contribution in [-0.4, -0.2) is 5.76 Å². The third-order valence-electron chi connectivity index (χ3n) is 1.43. The van der Waals surface area contributed by atoms with E-state index >= 15 is 0 Å². The molecule has 2 N–H and O–H groups in total. The van der Waals surface area contributed by atoms with Crippen LogP contribution >= 0.6 is 11.8 Å². The maximum absolute atomic E-state index is 12.0. The number of nitrogens with two attached hydrogens (primary N) is 1. The molecule has 1 aromatic carbocycles. The van der Waals surface area contributed by atoms with E-state index in [2.05, 4.69) is 4.84 Å². The molecule has 0 heterocycles. The Hall–Kier alpha value is -0.650. The third kappa shape index (κ3) is 3.30. The van der Waals surface area contributed by atoms with Crippen LogP contribution in [0.3, 0.4) is 0 Å². The monoisotopic (exact) mass is 205 g/mol. The van der Waals surface area contributed by atoms with Crippen molar-refractivity contribution in [3.8, 4) is 0 Å². The zero-order chi connectivity index (χ0) is 9.68. The predicted octanol–water partition coefficient (Wildman–Crippen LogP) is 2.39.